The van der Waals surface area contributed by atoms with Crippen LogP contribution in [0.1, 0.15) is 30.9 Å². The average Bonchev–Trinajstić information content (AvgIpc) is 2.43. The highest BCUT2D eigenvalue weighted by molar-refractivity contribution is 6.42. The van der Waals surface area contributed by atoms with Crippen molar-refractivity contribution in [3.8, 4) is 5.75 Å². The number of halogens is 2. The standard InChI is InChI=1S/C14H18Cl2N2O2/c1-20-12-8-11(16)10(15)7-9(12)13(14(17)19)18-5-3-2-4-6-18/h7-8,13H,2-6H2,1H3,(H2,17,19). The topological polar surface area (TPSA) is 55.6 Å². The number of ether oxygens (including phenoxy) is 1. The van der Waals surface area contributed by atoms with Crippen molar-refractivity contribution in [2.24, 2.45) is 5.73 Å². The van der Waals surface area contributed by atoms with Crippen LogP contribution in [0.2, 0.25) is 10.0 Å². The fourth-order valence-corrected chi connectivity index (χ4v) is 2.97. The van der Waals surface area contributed by atoms with E-state index in [1.807, 2.05) is 0 Å². The van der Waals surface area contributed by atoms with Gasteiger partial charge in [0, 0.05) is 11.6 Å². The molecule has 0 aliphatic carbocycles. The van der Waals surface area contributed by atoms with E-state index >= 15 is 0 Å². The highest BCUT2D eigenvalue weighted by Crippen LogP contribution is 2.37. The fourth-order valence-electron chi connectivity index (χ4n) is 2.64. The monoisotopic (exact) mass is 316 g/mol. The minimum atomic E-state index is -0.528. The Morgan fingerprint density at radius 1 is 1.25 bits per heavy atom. The zero-order valence-corrected chi connectivity index (χ0v) is 12.9. The van der Waals surface area contributed by atoms with Crippen molar-refractivity contribution in [1.82, 2.24) is 4.90 Å². The molecule has 0 saturated carbocycles. The van der Waals surface area contributed by atoms with E-state index in [1.165, 1.54) is 13.5 Å². The molecule has 2 rings (SSSR count). The average molecular weight is 317 g/mol. The van der Waals surface area contributed by atoms with E-state index < -0.39 is 11.9 Å². The Morgan fingerprint density at radius 2 is 1.85 bits per heavy atom. The van der Waals surface area contributed by atoms with Gasteiger partial charge in [0.25, 0.3) is 0 Å². The maximum Gasteiger partial charge on any atom is 0.239 e. The first-order chi connectivity index (χ1) is 9.54. The van der Waals surface area contributed by atoms with E-state index in [0.29, 0.717) is 21.4 Å². The molecule has 1 saturated heterocycles. The van der Waals surface area contributed by atoms with Crippen LogP contribution in [0.3, 0.4) is 0 Å². The van der Waals surface area contributed by atoms with E-state index in [9.17, 15) is 4.79 Å². The molecule has 1 aliphatic heterocycles. The molecule has 1 aromatic rings. The molecule has 1 aromatic carbocycles. The molecule has 1 heterocycles. The maximum absolute atomic E-state index is 11.9. The van der Waals surface area contributed by atoms with Crippen molar-refractivity contribution in [3.63, 3.8) is 0 Å². The summed E-state index contributed by atoms with van der Waals surface area (Å²) in [5.74, 6) is 0.136. The van der Waals surface area contributed by atoms with Crippen LogP contribution in [0.15, 0.2) is 12.1 Å². The third-order valence-corrected chi connectivity index (χ3v) is 4.31. The quantitative estimate of drug-likeness (QED) is 0.929. The largest absolute Gasteiger partial charge is 0.496 e. The highest BCUT2D eigenvalue weighted by atomic mass is 35.5. The van der Waals surface area contributed by atoms with E-state index in [0.717, 1.165) is 25.9 Å². The minimum Gasteiger partial charge on any atom is -0.496 e. The van der Waals surface area contributed by atoms with Gasteiger partial charge >= 0.3 is 0 Å². The second-order valence-corrected chi connectivity index (χ2v) is 5.72. The smallest absolute Gasteiger partial charge is 0.239 e. The lowest BCUT2D eigenvalue weighted by molar-refractivity contribution is -0.123. The molecule has 110 valence electrons. The molecule has 0 aromatic heterocycles. The Bertz CT molecular complexity index is 502. The van der Waals surface area contributed by atoms with Crippen LogP contribution < -0.4 is 10.5 Å². The molecule has 0 spiro atoms. The molecule has 1 amide bonds. The van der Waals surface area contributed by atoms with Crippen LogP contribution in [0.25, 0.3) is 0 Å². The number of hydrogen-bond acceptors (Lipinski definition) is 3. The van der Waals surface area contributed by atoms with Crippen LogP contribution in [0, 0.1) is 0 Å². The Kier molecular flexibility index (Phi) is 5.13. The van der Waals surface area contributed by atoms with Gasteiger partial charge in [-0.15, -0.1) is 0 Å². The lowest BCUT2D eigenvalue weighted by Crippen LogP contribution is -2.41. The maximum atomic E-state index is 11.9. The zero-order valence-electron chi connectivity index (χ0n) is 11.4. The van der Waals surface area contributed by atoms with E-state index in [2.05, 4.69) is 4.90 Å². The molecule has 0 radical (unpaired) electrons. The summed E-state index contributed by atoms with van der Waals surface area (Å²) < 4.78 is 5.33. The number of carbonyl (C=O) groups excluding carboxylic acids is 1. The van der Waals surface area contributed by atoms with Crippen molar-refractivity contribution in [2.75, 3.05) is 20.2 Å². The van der Waals surface area contributed by atoms with Gasteiger partial charge < -0.3 is 10.5 Å². The SMILES string of the molecule is COc1cc(Cl)c(Cl)cc1C(C(N)=O)N1CCCCC1. The first-order valence-electron chi connectivity index (χ1n) is 6.61. The van der Waals surface area contributed by atoms with Gasteiger partial charge in [0.1, 0.15) is 11.8 Å². The number of carbonyl (C=O) groups is 1. The second kappa shape index (κ2) is 6.66. The Labute approximate surface area is 128 Å². The van der Waals surface area contributed by atoms with Crippen molar-refractivity contribution in [3.05, 3.63) is 27.7 Å². The first-order valence-corrected chi connectivity index (χ1v) is 7.36. The summed E-state index contributed by atoms with van der Waals surface area (Å²) in [5, 5.41) is 0.792. The molecular weight excluding hydrogens is 299 g/mol. The van der Waals surface area contributed by atoms with Crippen molar-refractivity contribution in [2.45, 2.75) is 25.3 Å². The minimum absolute atomic E-state index is 0.394. The molecule has 0 bridgehead atoms. The Hall–Kier alpha value is -0.970. The van der Waals surface area contributed by atoms with Crippen LogP contribution >= 0.6 is 23.2 Å². The summed E-state index contributed by atoms with van der Waals surface area (Å²) >= 11 is 12.1. The number of benzene rings is 1. The summed E-state index contributed by atoms with van der Waals surface area (Å²) in [5.41, 5.74) is 6.28. The number of primary amides is 1. The molecule has 1 aliphatic rings. The van der Waals surface area contributed by atoms with Gasteiger partial charge in [-0.1, -0.05) is 29.6 Å². The molecule has 1 fully saturated rings. The molecule has 20 heavy (non-hydrogen) atoms. The van der Waals surface area contributed by atoms with Gasteiger partial charge in [0.05, 0.1) is 17.2 Å². The number of amides is 1. The van der Waals surface area contributed by atoms with Gasteiger partial charge in [0.2, 0.25) is 5.91 Å². The third-order valence-electron chi connectivity index (χ3n) is 3.59. The number of rotatable bonds is 4. The molecule has 4 nitrogen and oxygen atoms in total. The number of nitrogens with two attached hydrogens (primary N) is 1. The summed E-state index contributed by atoms with van der Waals surface area (Å²) in [4.78, 5) is 14.0. The molecule has 2 N–H and O–H groups in total. The predicted molar refractivity (Wildman–Crippen MR) is 80.4 cm³/mol. The van der Waals surface area contributed by atoms with Gasteiger partial charge in [-0.2, -0.15) is 0 Å². The van der Waals surface area contributed by atoms with Crippen LogP contribution in [0.5, 0.6) is 5.75 Å². The van der Waals surface area contributed by atoms with Crippen LogP contribution in [-0.2, 0) is 4.79 Å². The third kappa shape index (κ3) is 3.19. The molecule has 1 atom stereocenters. The number of hydrogen-bond donors (Lipinski definition) is 1. The highest BCUT2D eigenvalue weighted by Gasteiger charge is 2.30. The Morgan fingerprint density at radius 3 is 2.40 bits per heavy atom. The van der Waals surface area contributed by atoms with Gasteiger partial charge in [-0.25, -0.2) is 0 Å². The van der Waals surface area contributed by atoms with Crippen molar-refractivity contribution >= 4 is 29.1 Å². The lowest BCUT2D eigenvalue weighted by Gasteiger charge is -2.33. The molecule has 1 unspecified atom stereocenters. The van der Waals surface area contributed by atoms with Crippen LogP contribution in [0.4, 0.5) is 0 Å². The van der Waals surface area contributed by atoms with E-state index in [1.54, 1.807) is 12.1 Å². The lowest BCUT2D eigenvalue weighted by atomic mass is 10.00. The Balaban J connectivity index is 2.42. The van der Waals surface area contributed by atoms with Crippen LogP contribution in [-0.4, -0.2) is 31.0 Å². The van der Waals surface area contributed by atoms with Gasteiger partial charge in [0.15, 0.2) is 0 Å². The summed E-state index contributed by atoms with van der Waals surface area (Å²) in [7, 11) is 1.54. The predicted octanol–water partition coefficient (Wildman–Crippen LogP) is 3.01. The summed E-state index contributed by atoms with van der Waals surface area (Å²) in [6.45, 7) is 1.69. The second-order valence-electron chi connectivity index (χ2n) is 4.91. The number of nitrogens with zero attached hydrogens (tertiary/aromatic N) is 1. The van der Waals surface area contributed by atoms with E-state index in [-0.39, 0.29) is 0 Å². The summed E-state index contributed by atoms with van der Waals surface area (Å²) in [6, 6.07) is 2.77. The van der Waals surface area contributed by atoms with Crippen molar-refractivity contribution in [1.29, 1.82) is 0 Å². The molecular formula is C14H18Cl2N2O2. The normalized spacial score (nSPS) is 17.8. The zero-order chi connectivity index (χ0) is 14.7. The first kappa shape index (κ1) is 15.4. The van der Waals surface area contributed by atoms with E-state index in [4.69, 9.17) is 33.7 Å². The fraction of sp³-hybridized carbons (Fsp3) is 0.500. The van der Waals surface area contributed by atoms with Gasteiger partial charge in [-0.3, -0.25) is 9.69 Å². The van der Waals surface area contributed by atoms with Gasteiger partial charge in [-0.05, 0) is 32.0 Å². The number of piperidine rings is 1. The summed E-state index contributed by atoms with van der Waals surface area (Å²) in [6.07, 6.45) is 3.31. The number of likely N-dealkylation sites (tertiary alicyclic amines) is 1. The molecule has 6 heteroatoms. The van der Waals surface area contributed by atoms with Crippen molar-refractivity contribution < 1.29 is 9.53 Å². The number of methoxy groups -OCH3 is 1.